The summed E-state index contributed by atoms with van der Waals surface area (Å²) in [5.74, 6) is 0.376. The maximum atomic E-state index is 12.7. The molecule has 5 nitrogen and oxygen atoms in total. The first-order valence-corrected chi connectivity index (χ1v) is 10.5. The van der Waals surface area contributed by atoms with Gasteiger partial charge in [0.25, 0.3) is 0 Å². The zero-order valence-corrected chi connectivity index (χ0v) is 17.7. The van der Waals surface area contributed by atoms with Gasteiger partial charge < -0.3 is 20.2 Å². The third-order valence-electron chi connectivity index (χ3n) is 5.99. The Kier molecular flexibility index (Phi) is 6.91. The van der Waals surface area contributed by atoms with Crippen LogP contribution in [0.1, 0.15) is 50.2 Å². The highest BCUT2D eigenvalue weighted by Gasteiger charge is 2.42. The molecule has 1 saturated heterocycles. The van der Waals surface area contributed by atoms with Crippen molar-refractivity contribution in [2.45, 2.75) is 57.2 Å². The first-order valence-electron chi connectivity index (χ1n) is 10.5. The van der Waals surface area contributed by atoms with E-state index in [1.165, 1.54) is 36.0 Å². The molecule has 1 fully saturated rings. The second kappa shape index (κ2) is 9.21. The van der Waals surface area contributed by atoms with Crippen molar-refractivity contribution in [1.82, 2.24) is 15.1 Å². The molecule has 0 saturated carbocycles. The van der Waals surface area contributed by atoms with Crippen molar-refractivity contribution in [3.63, 3.8) is 0 Å². The van der Waals surface area contributed by atoms with Crippen molar-refractivity contribution in [2.24, 2.45) is 0 Å². The van der Waals surface area contributed by atoms with E-state index in [4.69, 9.17) is 0 Å². The van der Waals surface area contributed by atoms with Gasteiger partial charge in [0.15, 0.2) is 0 Å². The summed E-state index contributed by atoms with van der Waals surface area (Å²) in [5, 5.41) is 13.2. The maximum absolute atomic E-state index is 12.7. The van der Waals surface area contributed by atoms with Crippen molar-refractivity contribution in [3.05, 3.63) is 41.5 Å². The van der Waals surface area contributed by atoms with Gasteiger partial charge in [-0.15, -0.1) is 0 Å². The minimum atomic E-state index is 0.0551. The molecular formula is C23H35N3O2. The van der Waals surface area contributed by atoms with E-state index in [1.54, 1.807) is 0 Å². The summed E-state index contributed by atoms with van der Waals surface area (Å²) < 4.78 is 0. The Labute approximate surface area is 169 Å². The lowest BCUT2D eigenvalue weighted by Gasteiger charge is -2.48. The van der Waals surface area contributed by atoms with Gasteiger partial charge in [-0.25, -0.2) is 0 Å². The summed E-state index contributed by atoms with van der Waals surface area (Å²) >= 11 is 0. The molecule has 0 radical (unpaired) electrons. The van der Waals surface area contributed by atoms with Gasteiger partial charge in [-0.2, -0.15) is 0 Å². The van der Waals surface area contributed by atoms with Crippen molar-refractivity contribution >= 4 is 11.5 Å². The molecule has 0 spiro atoms. The predicted octanol–water partition coefficient (Wildman–Crippen LogP) is 2.47. The summed E-state index contributed by atoms with van der Waals surface area (Å²) in [5.41, 5.74) is 4.01. The molecule has 3 atom stereocenters. The van der Waals surface area contributed by atoms with Crippen LogP contribution in [0.25, 0.3) is 5.57 Å². The Balaban J connectivity index is 1.72. The Hall–Kier alpha value is -1.69. The summed E-state index contributed by atoms with van der Waals surface area (Å²) in [6.07, 6.45) is 5.95. The van der Waals surface area contributed by atoms with Gasteiger partial charge in [0.1, 0.15) is 0 Å². The quantitative estimate of drug-likeness (QED) is 0.722. The molecule has 154 valence electrons. The van der Waals surface area contributed by atoms with Crippen molar-refractivity contribution in [1.29, 1.82) is 0 Å². The number of nitrogens with zero attached hydrogens (tertiary/aromatic N) is 2. The molecule has 5 heteroatoms. The topological polar surface area (TPSA) is 55.8 Å². The number of likely N-dealkylation sites (N-methyl/N-ethyl adjacent to an activating group) is 1. The largest absolute Gasteiger partial charge is 0.395 e. The predicted molar refractivity (Wildman–Crippen MR) is 114 cm³/mol. The number of allylic oxidation sites excluding steroid dienone is 2. The molecule has 2 N–H and O–H groups in total. The molecule has 1 aliphatic heterocycles. The number of benzene rings is 1. The number of aliphatic hydroxyl groups is 1. The fraction of sp³-hybridized carbons (Fsp3) is 0.609. The van der Waals surface area contributed by atoms with Crippen LogP contribution in [0.15, 0.2) is 30.3 Å². The van der Waals surface area contributed by atoms with Crippen LogP contribution in [0.2, 0.25) is 0 Å². The highest BCUT2D eigenvalue weighted by atomic mass is 16.3. The van der Waals surface area contributed by atoms with E-state index >= 15 is 0 Å². The molecule has 1 aliphatic carbocycles. The molecule has 0 bridgehead atoms. The molecule has 28 heavy (non-hydrogen) atoms. The monoisotopic (exact) mass is 385 g/mol. The highest BCUT2D eigenvalue weighted by Crippen LogP contribution is 2.35. The molecule has 1 heterocycles. The second-order valence-electron chi connectivity index (χ2n) is 8.71. The van der Waals surface area contributed by atoms with Crippen LogP contribution in [0.3, 0.4) is 0 Å². The molecule has 1 amide bonds. The van der Waals surface area contributed by atoms with Crippen LogP contribution < -0.4 is 5.32 Å². The average Bonchev–Trinajstić information content (AvgIpc) is 3.15. The van der Waals surface area contributed by atoms with Crippen LogP contribution in [-0.2, 0) is 4.79 Å². The fourth-order valence-electron chi connectivity index (χ4n) is 4.47. The first kappa shape index (κ1) is 21.0. The normalized spacial score (nSPS) is 24.4. The Bertz CT molecular complexity index is 696. The Morgan fingerprint density at radius 3 is 2.46 bits per heavy atom. The molecule has 1 aromatic rings. The minimum Gasteiger partial charge on any atom is -0.395 e. The van der Waals surface area contributed by atoms with Crippen LogP contribution in [0.4, 0.5) is 0 Å². The third-order valence-corrected chi connectivity index (χ3v) is 5.99. The zero-order valence-electron chi connectivity index (χ0n) is 17.7. The van der Waals surface area contributed by atoms with Gasteiger partial charge >= 0.3 is 0 Å². The summed E-state index contributed by atoms with van der Waals surface area (Å²) in [6.45, 7) is 5.33. The van der Waals surface area contributed by atoms with Gasteiger partial charge in [0, 0.05) is 30.6 Å². The fourth-order valence-corrected chi connectivity index (χ4v) is 4.47. The third kappa shape index (κ3) is 4.65. The van der Waals surface area contributed by atoms with E-state index in [-0.39, 0.29) is 36.6 Å². The van der Waals surface area contributed by atoms with Gasteiger partial charge in [0.05, 0.1) is 13.2 Å². The van der Waals surface area contributed by atoms with Crippen LogP contribution in [0, 0.1) is 0 Å². The number of hydrogen-bond acceptors (Lipinski definition) is 4. The van der Waals surface area contributed by atoms with Gasteiger partial charge in [0.2, 0.25) is 5.91 Å². The smallest absolute Gasteiger partial charge is 0.237 e. The lowest BCUT2D eigenvalue weighted by molar-refractivity contribution is -0.134. The average molecular weight is 386 g/mol. The van der Waals surface area contributed by atoms with Crippen molar-refractivity contribution < 1.29 is 9.90 Å². The number of aliphatic hydroxyl groups excluding tert-OH is 1. The van der Waals surface area contributed by atoms with Gasteiger partial charge in [-0.05, 0) is 63.9 Å². The molecular weight excluding hydrogens is 350 g/mol. The van der Waals surface area contributed by atoms with E-state index < -0.39 is 0 Å². The van der Waals surface area contributed by atoms with E-state index in [2.05, 4.69) is 49.5 Å². The molecule has 1 aromatic carbocycles. The SMILES string of the molecule is CC(C)N(C[C@H]1N[C@H](CO)[C@@H]1c1ccc(C2=CCCC2)cc1)C(=O)CN(C)C. The number of carbonyl (C=O) groups excluding carboxylic acids is 1. The summed E-state index contributed by atoms with van der Waals surface area (Å²) in [6, 6.07) is 9.22. The summed E-state index contributed by atoms with van der Waals surface area (Å²) in [4.78, 5) is 16.5. The number of nitrogens with one attached hydrogen (secondary N) is 1. The van der Waals surface area contributed by atoms with Crippen molar-refractivity contribution in [3.8, 4) is 0 Å². The number of carbonyl (C=O) groups is 1. The molecule has 0 unspecified atom stereocenters. The Morgan fingerprint density at radius 1 is 1.21 bits per heavy atom. The number of amides is 1. The maximum Gasteiger partial charge on any atom is 0.237 e. The zero-order chi connectivity index (χ0) is 20.3. The highest BCUT2D eigenvalue weighted by molar-refractivity contribution is 5.78. The lowest BCUT2D eigenvalue weighted by atomic mass is 9.77. The Morgan fingerprint density at radius 2 is 1.93 bits per heavy atom. The van der Waals surface area contributed by atoms with E-state index in [0.29, 0.717) is 13.1 Å². The van der Waals surface area contributed by atoms with Gasteiger partial charge in [-0.1, -0.05) is 30.3 Å². The van der Waals surface area contributed by atoms with Crippen LogP contribution in [-0.4, -0.2) is 72.7 Å². The molecule has 2 aliphatic rings. The van der Waals surface area contributed by atoms with Gasteiger partial charge in [-0.3, -0.25) is 4.79 Å². The van der Waals surface area contributed by atoms with Crippen LogP contribution >= 0.6 is 0 Å². The summed E-state index contributed by atoms with van der Waals surface area (Å²) in [7, 11) is 3.84. The van der Waals surface area contributed by atoms with Crippen molar-refractivity contribution in [2.75, 3.05) is 33.8 Å². The molecule has 3 rings (SSSR count). The minimum absolute atomic E-state index is 0.0551. The standard InChI is InChI=1S/C23H35N3O2/c1-16(2)26(22(28)14-25(3)4)13-20-23(21(15-27)24-20)19-11-9-18(10-12-19)17-7-5-6-8-17/h7,9-12,16,20-21,23-24,27H,5-6,8,13-15H2,1-4H3/t20-,21-,23-/m1/s1. The number of rotatable bonds is 8. The van der Waals surface area contributed by atoms with Crippen LogP contribution in [0.5, 0.6) is 0 Å². The number of hydrogen-bond donors (Lipinski definition) is 2. The lowest BCUT2D eigenvalue weighted by Crippen LogP contribution is -2.65. The van der Waals surface area contributed by atoms with E-state index in [9.17, 15) is 9.90 Å². The first-order chi connectivity index (χ1) is 13.4. The molecule has 0 aromatic heterocycles. The van der Waals surface area contributed by atoms with E-state index in [1.807, 2.05) is 23.9 Å². The van der Waals surface area contributed by atoms with E-state index in [0.717, 1.165) is 0 Å². The second-order valence-corrected chi connectivity index (χ2v) is 8.71.